The Morgan fingerprint density at radius 1 is 1.35 bits per heavy atom. The third-order valence-electron chi connectivity index (χ3n) is 3.14. The highest BCUT2D eigenvalue weighted by atomic mass is 32.1. The zero-order valence-corrected chi connectivity index (χ0v) is 10.6. The Hall–Kier alpha value is -1.62. The van der Waals surface area contributed by atoms with E-state index in [2.05, 4.69) is 11.1 Å². The molecule has 17 heavy (non-hydrogen) atoms. The van der Waals surface area contributed by atoms with Crippen molar-refractivity contribution in [1.82, 2.24) is 14.8 Å². The minimum absolute atomic E-state index is 0.0641. The lowest BCUT2D eigenvalue weighted by molar-refractivity contribution is 0.201. The van der Waals surface area contributed by atoms with Crippen LogP contribution in [0.15, 0.2) is 24.3 Å². The smallest absolute Gasteiger partial charge is 0.320 e. The number of hydrogen-bond acceptors (Lipinski definition) is 3. The molecule has 0 spiro atoms. The van der Waals surface area contributed by atoms with Gasteiger partial charge in [0.1, 0.15) is 11.0 Å². The maximum atomic E-state index is 11.7. The molecule has 88 valence electrons. The van der Waals surface area contributed by atoms with E-state index in [1.54, 1.807) is 21.1 Å². The highest BCUT2D eigenvalue weighted by molar-refractivity contribution is 7.18. The van der Waals surface area contributed by atoms with Gasteiger partial charge in [-0.05, 0) is 12.1 Å². The second-order valence-corrected chi connectivity index (χ2v) is 5.37. The molecule has 2 amide bonds. The van der Waals surface area contributed by atoms with Crippen LogP contribution in [-0.4, -0.2) is 41.5 Å². The van der Waals surface area contributed by atoms with Crippen LogP contribution in [-0.2, 0) is 0 Å². The second kappa shape index (κ2) is 3.70. The number of benzene rings is 1. The Kier molecular flexibility index (Phi) is 2.29. The Labute approximate surface area is 103 Å². The van der Waals surface area contributed by atoms with Crippen molar-refractivity contribution in [2.45, 2.75) is 6.04 Å². The molecule has 1 fully saturated rings. The Balaban J connectivity index is 2.02. The van der Waals surface area contributed by atoms with Gasteiger partial charge >= 0.3 is 6.03 Å². The van der Waals surface area contributed by atoms with Crippen molar-refractivity contribution in [1.29, 1.82) is 0 Å². The molecule has 0 N–H and O–H groups in total. The van der Waals surface area contributed by atoms with E-state index in [-0.39, 0.29) is 12.1 Å². The summed E-state index contributed by atoms with van der Waals surface area (Å²) in [6, 6.07) is 8.23. The highest BCUT2D eigenvalue weighted by Gasteiger charge is 2.35. The third-order valence-corrected chi connectivity index (χ3v) is 4.28. The molecule has 4 nitrogen and oxygen atoms in total. The molecule has 1 aromatic carbocycles. The molecular weight excluding hydrogens is 234 g/mol. The first-order chi connectivity index (χ1) is 8.16. The second-order valence-electron chi connectivity index (χ2n) is 4.31. The maximum absolute atomic E-state index is 11.7. The molecule has 2 aromatic rings. The number of rotatable bonds is 1. The summed E-state index contributed by atoms with van der Waals surface area (Å²) in [6.45, 7) is 0.717. The van der Waals surface area contributed by atoms with Crippen molar-refractivity contribution < 1.29 is 4.79 Å². The van der Waals surface area contributed by atoms with Crippen LogP contribution in [0.5, 0.6) is 0 Å². The number of amides is 2. The summed E-state index contributed by atoms with van der Waals surface area (Å²) >= 11 is 1.67. The quantitative estimate of drug-likeness (QED) is 0.775. The van der Waals surface area contributed by atoms with Crippen LogP contribution in [0, 0.1) is 0 Å². The zero-order chi connectivity index (χ0) is 12.0. The number of thiazole rings is 1. The van der Waals surface area contributed by atoms with Gasteiger partial charge in [0.05, 0.1) is 10.2 Å². The first-order valence-electron chi connectivity index (χ1n) is 5.50. The average molecular weight is 247 g/mol. The van der Waals surface area contributed by atoms with Crippen molar-refractivity contribution in [3.63, 3.8) is 0 Å². The van der Waals surface area contributed by atoms with Gasteiger partial charge < -0.3 is 9.80 Å². The predicted octanol–water partition coefficient (Wildman–Crippen LogP) is 2.33. The molecule has 5 heteroatoms. The molecular formula is C12H13N3OS. The number of urea groups is 1. The number of carbonyl (C=O) groups excluding carboxylic acids is 1. The van der Waals surface area contributed by atoms with Gasteiger partial charge in [0.2, 0.25) is 0 Å². The van der Waals surface area contributed by atoms with Gasteiger partial charge in [-0.25, -0.2) is 9.78 Å². The lowest BCUT2D eigenvalue weighted by Gasteiger charge is -2.14. The molecule has 1 unspecified atom stereocenters. The summed E-state index contributed by atoms with van der Waals surface area (Å²) in [5.74, 6) is 0. The van der Waals surface area contributed by atoms with Crippen LogP contribution >= 0.6 is 11.3 Å². The Morgan fingerprint density at radius 3 is 2.76 bits per heavy atom. The van der Waals surface area contributed by atoms with E-state index in [1.165, 1.54) is 4.70 Å². The SMILES string of the molecule is CN1CC(c2nc3ccccc3s2)N(C)C1=O. The van der Waals surface area contributed by atoms with E-state index in [9.17, 15) is 4.79 Å². The molecule has 1 atom stereocenters. The van der Waals surface area contributed by atoms with Gasteiger partial charge in [-0.3, -0.25) is 0 Å². The van der Waals surface area contributed by atoms with Gasteiger partial charge in [0, 0.05) is 20.6 Å². The fraction of sp³-hybridized carbons (Fsp3) is 0.333. The number of hydrogen-bond donors (Lipinski definition) is 0. The number of likely N-dealkylation sites (N-methyl/N-ethyl adjacent to an activating group) is 2. The molecule has 1 saturated heterocycles. The predicted molar refractivity (Wildman–Crippen MR) is 68.2 cm³/mol. The Morgan fingerprint density at radius 2 is 2.12 bits per heavy atom. The maximum Gasteiger partial charge on any atom is 0.320 e. The van der Waals surface area contributed by atoms with E-state index in [1.807, 2.05) is 32.3 Å². The average Bonchev–Trinajstić information content (AvgIpc) is 2.86. The van der Waals surface area contributed by atoms with Gasteiger partial charge in [0.25, 0.3) is 0 Å². The van der Waals surface area contributed by atoms with E-state index in [0.717, 1.165) is 17.1 Å². The summed E-state index contributed by atoms with van der Waals surface area (Å²) in [6.07, 6.45) is 0. The minimum Gasteiger partial charge on any atom is -0.325 e. The van der Waals surface area contributed by atoms with Crippen molar-refractivity contribution in [3.05, 3.63) is 29.3 Å². The molecule has 1 aliphatic heterocycles. The molecule has 2 heterocycles. The summed E-state index contributed by atoms with van der Waals surface area (Å²) < 4.78 is 1.18. The number of nitrogens with zero attached hydrogens (tertiary/aromatic N) is 3. The first kappa shape index (κ1) is 10.5. The molecule has 1 aromatic heterocycles. The third kappa shape index (κ3) is 1.58. The standard InChI is InChI=1S/C12H13N3OS/c1-14-7-9(15(2)12(14)16)11-13-8-5-3-4-6-10(8)17-11/h3-6,9H,7H2,1-2H3. The topological polar surface area (TPSA) is 36.4 Å². The van der Waals surface area contributed by atoms with Crippen LogP contribution in [0.3, 0.4) is 0 Å². The number of para-hydroxylation sites is 1. The van der Waals surface area contributed by atoms with Crippen molar-refractivity contribution in [3.8, 4) is 0 Å². The monoisotopic (exact) mass is 247 g/mol. The van der Waals surface area contributed by atoms with E-state index < -0.39 is 0 Å². The summed E-state index contributed by atoms with van der Waals surface area (Å²) in [5, 5.41) is 1.02. The van der Waals surface area contributed by atoms with Gasteiger partial charge in [-0.1, -0.05) is 12.1 Å². The van der Waals surface area contributed by atoms with Crippen LogP contribution in [0.2, 0.25) is 0 Å². The fourth-order valence-electron chi connectivity index (χ4n) is 2.14. The molecule has 0 bridgehead atoms. The highest BCUT2D eigenvalue weighted by Crippen LogP contribution is 2.32. The van der Waals surface area contributed by atoms with E-state index in [0.29, 0.717) is 0 Å². The number of fused-ring (bicyclic) bond motifs is 1. The van der Waals surface area contributed by atoms with Gasteiger partial charge in [0.15, 0.2) is 0 Å². The summed E-state index contributed by atoms with van der Waals surface area (Å²) in [4.78, 5) is 19.8. The molecule has 1 aliphatic rings. The van der Waals surface area contributed by atoms with Crippen LogP contribution < -0.4 is 0 Å². The van der Waals surface area contributed by atoms with Gasteiger partial charge in [-0.2, -0.15) is 0 Å². The number of carbonyl (C=O) groups is 1. The van der Waals surface area contributed by atoms with Crippen LogP contribution in [0.25, 0.3) is 10.2 Å². The van der Waals surface area contributed by atoms with E-state index >= 15 is 0 Å². The van der Waals surface area contributed by atoms with Gasteiger partial charge in [-0.15, -0.1) is 11.3 Å². The van der Waals surface area contributed by atoms with Crippen molar-refractivity contribution >= 4 is 27.6 Å². The summed E-state index contributed by atoms with van der Waals surface area (Å²) in [7, 11) is 3.66. The zero-order valence-electron chi connectivity index (χ0n) is 9.75. The molecule has 0 aliphatic carbocycles. The minimum atomic E-state index is 0.0641. The molecule has 3 rings (SSSR count). The lowest BCUT2D eigenvalue weighted by atomic mass is 10.3. The summed E-state index contributed by atoms with van der Waals surface area (Å²) in [5.41, 5.74) is 1.02. The molecule has 0 saturated carbocycles. The van der Waals surface area contributed by atoms with E-state index in [4.69, 9.17) is 0 Å². The first-order valence-corrected chi connectivity index (χ1v) is 6.32. The Bertz CT molecular complexity index is 547. The fourth-order valence-corrected chi connectivity index (χ4v) is 3.24. The van der Waals surface area contributed by atoms with Crippen molar-refractivity contribution in [2.75, 3.05) is 20.6 Å². The number of aromatic nitrogens is 1. The lowest BCUT2D eigenvalue weighted by Crippen LogP contribution is -2.26. The van der Waals surface area contributed by atoms with Crippen LogP contribution in [0.1, 0.15) is 11.0 Å². The molecule has 0 radical (unpaired) electrons. The normalized spacial score (nSPS) is 20.6. The largest absolute Gasteiger partial charge is 0.325 e. The van der Waals surface area contributed by atoms with Crippen molar-refractivity contribution in [2.24, 2.45) is 0 Å². The van der Waals surface area contributed by atoms with Crippen LogP contribution in [0.4, 0.5) is 4.79 Å².